The van der Waals surface area contributed by atoms with E-state index in [1.54, 1.807) is 6.92 Å². The molecule has 2 aromatic rings. The van der Waals surface area contributed by atoms with Crippen LogP contribution in [0.3, 0.4) is 0 Å². The minimum atomic E-state index is -0.582. The molecule has 0 spiro atoms. The Morgan fingerprint density at radius 2 is 1.95 bits per heavy atom. The van der Waals surface area contributed by atoms with Crippen molar-refractivity contribution in [1.29, 1.82) is 0 Å². The van der Waals surface area contributed by atoms with Crippen LogP contribution in [-0.4, -0.2) is 16.0 Å². The monoisotopic (exact) mass is 272 g/mol. The zero-order valence-electron chi connectivity index (χ0n) is 12.0. The molecule has 1 atom stereocenters. The van der Waals surface area contributed by atoms with Crippen LogP contribution in [0.1, 0.15) is 45.9 Å². The van der Waals surface area contributed by atoms with E-state index in [0.29, 0.717) is 12.2 Å². The van der Waals surface area contributed by atoms with Gasteiger partial charge in [0, 0.05) is 17.8 Å². The third-order valence-corrected chi connectivity index (χ3v) is 3.44. The SMILES string of the molecule is Cc1[nH]c(C(=O)NCc2ccccc2)c(C)c1[C@@H](C)O. The third-order valence-electron chi connectivity index (χ3n) is 3.44. The molecule has 1 aromatic carbocycles. The Bertz CT molecular complexity index is 600. The number of aliphatic hydroxyl groups excluding tert-OH is 1. The smallest absolute Gasteiger partial charge is 0.268 e. The summed E-state index contributed by atoms with van der Waals surface area (Å²) >= 11 is 0. The van der Waals surface area contributed by atoms with E-state index in [-0.39, 0.29) is 5.91 Å². The maximum absolute atomic E-state index is 12.2. The van der Waals surface area contributed by atoms with Gasteiger partial charge < -0.3 is 15.4 Å². The van der Waals surface area contributed by atoms with Gasteiger partial charge in [0.15, 0.2) is 0 Å². The van der Waals surface area contributed by atoms with Crippen molar-refractivity contribution in [2.75, 3.05) is 0 Å². The quantitative estimate of drug-likeness (QED) is 0.801. The van der Waals surface area contributed by atoms with Crippen molar-refractivity contribution in [2.24, 2.45) is 0 Å². The van der Waals surface area contributed by atoms with Gasteiger partial charge in [-0.1, -0.05) is 30.3 Å². The molecular weight excluding hydrogens is 252 g/mol. The highest BCUT2D eigenvalue weighted by molar-refractivity contribution is 5.94. The lowest BCUT2D eigenvalue weighted by Crippen LogP contribution is -2.23. The fourth-order valence-electron chi connectivity index (χ4n) is 2.48. The maximum atomic E-state index is 12.2. The van der Waals surface area contributed by atoms with Gasteiger partial charge in [0.05, 0.1) is 6.10 Å². The zero-order valence-corrected chi connectivity index (χ0v) is 12.0. The molecule has 1 aromatic heterocycles. The largest absolute Gasteiger partial charge is 0.389 e. The second-order valence-electron chi connectivity index (χ2n) is 5.01. The van der Waals surface area contributed by atoms with Crippen LogP contribution in [0.5, 0.6) is 0 Å². The van der Waals surface area contributed by atoms with Crippen LogP contribution in [0.2, 0.25) is 0 Å². The molecule has 1 heterocycles. The molecule has 4 heteroatoms. The molecule has 0 saturated heterocycles. The molecule has 0 aliphatic rings. The minimum Gasteiger partial charge on any atom is -0.389 e. The Kier molecular flexibility index (Phi) is 4.25. The van der Waals surface area contributed by atoms with E-state index in [4.69, 9.17) is 0 Å². The predicted octanol–water partition coefficient (Wildman–Crippen LogP) is 2.61. The fourth-order valence-corrected chi connectivity index (χ4v) is 2.48. The lowest BCUT2D eigenvalue weighted by Gasteiger charge is -2.06. The molecule has 0 bridgehead atoms. The van der Waals surface area contributed by atoms with Gasteiger partial charge in [-0.25, -0.2) is 0 Å². The van der Waals surface area contributed by atoms with E-state index < -0.39 is 6.10 Å². The number of hydrogen-bond donors (Lipinski definition) is 3. The van der Waals surface area contributed by atoms with Crippen LogP contribution in [0.15, 0.2) is 30.3 Å². The van der Waals surface area contributed by atoms with Crippen LogP contribution in [-0.2, 0) is 6.54 Å². The third kappa shape index (κ3) is 2.91. The molecule has 1 amide bonds. The number of hydrogen-bond acceptors (Lipinski definition) is 2. The van der Waals surface area contributed by atoms with Gasteiger partial charge in [0.1, 0.15) is 5.69 Å². The Morgan fingerprint density at radius 1 is 1.30 bits per heavy atom. The molecular formula is C16H20N2O2. The van der Waals surface area contributed by atoms with Crippen LogP contribution in [0.25, 0.3) is 0 Å². The van der Waals surface area contributed by atoms with Crippen molar-refractivity contribution in [2.45, 2.75) is 33.4 Å². The van der Waals surface area contributed by atoms with Gasteiger partial charge >= 0.3 is 0 Å². The number of rotatable bonds is 4. The summed E-state index contributed by atoms with van der Waals surface area (Å²) in [4.78, 5) is 15.3. The topological polar surface area (TPSA) is 65.1 Å². The van der Waals surface area contributed by atoms with Crippen LogP contribution in [0.4, 0.5) is 0 Å². The molecule has 0 fully saturated rings. The van der Waals surface area contributed by atoms with Gasteiger partial charge in [-0.05, 0) is 31.9 Å². The summed E-state index contributed by atoms with van der Waals surface area (Å²) in [6, 6.07) is 9.76. The summed E-state index contributed by atoms with van der Waals surface area (Å²) in [5.41, 5.74) is 4.02. The van der Waals surface area contributed by atoms with Crippen LogP contribution >= 0.6 is 0 Å². The van der Waals surface area contributed by atoms with Gasteiger partial charge in [-0.3, -0.25) is 4.79 Å². The van der Waals surface area contributed by atoms with E-state index in [0.717, 1.165) is 22.4 Å². The highest BCUT2D eigenvalue weighted by Gasteiger charge is 2.19. The number of aromatic nitrogens is 1. The summed E-state index contributed by atoms with van der Waals surface area (Å²) < 4.78 is 0. The Balaban J connectivity index is 2.12. The summed E-state index contributed by atoms with van der Waals surface area (Å²) in [5.74, 6) is -0.152. The first-order valence-corrected chi connectivity index (χ1v) is 6.70. The molecule has 106 valence electrons. The highest BCUT2D eigenvalue weighted by atomic mass is 16.3. The number of aryl methyl sites for hydroxylation is 1. The van der Waals surface area contributed by atoms with Gasteiger partial charge in [-0.15, -0.1) is 0 Å². The average Bonchev–Trinajstić information content (AvgIpc) is 2.72. The van der Waals surface area contributed by atoms with Crippen molar-refractivity contribution >= 4 is 5.91 Å². The second-order valence-corrected chi connectivity index (χ2v) is 5.01. The maximum Gasteiger partial charge on any atom is 0.268 e. The van der Waals surface area contributed by atoms with E-state index in [9.17, 15) is 9.90 Å². The standard InChI is InChI=1S/C16H20N2O2/c1-10-14(12(3)19)11(2)18-15(10)16(20)17-9-13-7-5-4-6-8-13/h4-8,12,18-19H,9H2,1-3H3,(H,17,20)/t12-/m1/s1. The zero-order chi connectivity index (χ0) is 14.7. The highest BCUT2D eigenvalue weighted by Crippen LogP contribution is 2.24. The lowest BCUT2D eigenvalue weighted by molar-refractivity contribution is 0.0945. The molecule has 0 saturated carbocycles. The van der Waals surface area contributed by atoms with Crippen LogP contribution < -0.4 is 5.32 Å². The first-order chi connectivity index (χ1) is 9.50. The van der Waals surface area contributed by atoms with E-state index in [2.05, 4.69) is 10.3 Å². The number of carbonyl (C=O) groups is 1. The number of benzene rings is 1. The number of amides is 1. The molecule has 4 nitrogen and oxygen atoms in total. The van der Waals surface area contributed by atoms with Crippen molar-refractivity contribution in [1.82, 2.24) is 10.3 Å². The van der Waals surface area contributed by atoms with E-state index in [1.165, 1.54) is 0 Å². The molecule has 20 heavy (non-hydrogen) atoms. The normalized spacial score (nSPS) is 12.2. The molecule has 0 aliphatic carbocycles. The van der Waals surface area contributed by atoms with Gasteiger partial charge in [0.2, 0.25) is 0 Å². The Labute approximate surface area is 118 Å². The minimum absolute atomic E-state index is 0.152. The average molecular weight is 272 g/mol. The van der Waals surface area contributed by atoms with Crippen LogP contribution in [0, 0.1) is 13.8 Å². The predicted molar refractivity (Wildman–Crippen MR) is 78.5 cm³/mol. The first-order valence-electron chi connectivity index (χ1n) is 6.70. The summed E-state index contributed by atoms with van der Waals surface area (Å²) in [6.07, 6.45) is -0.582. The Morgan fingerprint density at radius 3 is 2.50 bits per heavy atom. The first kappa shape index (κ1) is 14.3. The van der Waals surface area contributed by atoms with Crippen molar-refractivity contribution < 1.29 is 9.90 Å². The van der Waals surface area contributed by atoms with Gasteiger partial charge in [0.25, 0.3) is 5.91 Å². The number of aliphatic hydroxyl groups is 1. The number of nitrogens with one attached hydrogen (secondary N) is 2. The van der Waals surface area contributed by atoms with Crippen molar-refractivity contribution in [3.63, 3.8) is 0 Å². The number of aromatic amines is 1. The fraction of sp³-hybridized carbons (Fsp3) is 0.312. The summed E-state index contributed by atoms with van der Waals surface area (Å²) in [7, 11) is 0. The lowest BCUT2D eigenvalue weighted by atomic mass is 10.1. The summed E-state index contributed by atoms with van der Waals surface area (Å²) in [6.45, 7) is 5.90. The molecule has 3 N–H and O–H groups in total. The number of H-pyrrole nitrogens is 1. The van der Waals surface area contributed by atoms with Crippen molar-refractivity contribution in [3.05, 3.63) is 58.4 Å². The van der Waals surface area contributed by atoms with E-state index in [1.807, 2.05) is 44.2 Å². The van der Waals surface area contributed by atoms with E-state index >= 15 is 0 Å². The van der Waals surface area contributed by atoms with Crippen molar-refractivity contribution in [3.8, 4) is 0 Å². The number of carbonyl (C=O) groups excluding carboxylic acids is 1. The second kappa shape index (κ2) is 5.92. The Hall–Kier alpha value is -2.07. The molecule has 2 rings (SSSR count). The molecule has 0 radical (unpaired) electrons. The summed E-state index contributed by atoms with van der Waals surface area (Å²) in [5, 5.41) is 12.6. The van der Waals surface area contributed by atoms with Gasteiger partial charge in [-0.2, -0.15) is 0 Å². The molecule has 0 aliphatic heterocycles. The molecule has 0 unspecified atom stereocenters.